The zero-order valence-corrected chi connectivity index (χ0v) is 17.3. The highest BCUT2D eigenvalue weighted by atomic mass is 16.5. The Kier molecular flexibility index (Phi) is 5.94. The van der Waals surface area contributed by atoms with Crippen molar-refractivity contribution in [3.8, 4) is 0 Å². The van der Waals surface area contributed by atoms with E-state index in [4.69, 9.17) is 4.74 Å². The number of benzene rings is 3. The van der Waals surface area contributed by atoms with Crippen LogP contribution in [0.25, 0.3) is 0 Å². The topological polar surface area (TPSA) is 63.7 Å². The van der Waals surface area contributed by atoms with Gasteiger partial charge in [0.2, 0.25) is 0 Å². The average Bonchev–Trinajstić information content (AvgIpc) is 2.83. The maximum Gasteiger partial charge on any atom is 0.339 e. The molecular formula is C26H23NO4. The lowest BCUT2D eigenvalue weighted by Gasteiger charge is -2.30. The molecule has 0 bridgehead atoms. The van der Waals surface area contributed by atoms with Crippen LogP contribution in [0, 0.1) is 0 Å². The monoisotopic (exact) mass is 413 g/mol. The summed E-state index contributed by atoms with van der Waals surface area (Å²) in [5, 5.41) is 0. The fourth-order valence-electron chi connectivity index (χ4n) is 3.82. The van der Waals surface area contributed by atoms with Crippen LogP contribution in [-0.4, -0.2) is 35.2 Å². The minimum absolute atomic E-state index is 0.153. The second-order valence-electron chi connectivity index (χ2n) is 7.57. The smallest absolute Gasteiger partial charge is 0.339 e. The lowest BCUT2D eigenvalue weighted by Crippen LogP contribution is -2.42. The van der Waals surface area contributed by atoms with E-state index in [0.29, 0.717) is 18.7 Å². The van der Waals surface area contributed by atoms with Gasteiger partial charge in [-0.25, -0.2) is 4.79 Å². The summed E-state index contributed by atoms with van der Waals surface area (Å²) in [7, 11) is 0. The lowest BCUT2D eigenvalue weighted by molar-refractivity contribution is -0.140. The first-order valence-electron chi connectivity index (χ1n) is 10.3. The molecule has 0 fully saturated rings. The number of amides is 1. The SMILES string of the molecule is C[C@@H](OC(=O)c1ccccc1C(=O)c1ccccc1)C(=O)N1CCc2ccccc2C1. The van der Waals surface area contributed by atoms with E-state index in [1.165, 1.54) is 5.56 Å². The Morgan fingerprint density at radius 2 is 1.42 bits per heavy atom. The number of esters is 1. The van der Waals surface area contributed by atoms with Gasteiger partial charge >= 0.3 is 5.97 Å². The number of nitrogens with zero attached hydrogens (tertiary/aromatic N) is 1. The van der Waals surface area contributed by atoms with E-state index in [1.807, 2.05) is 24.3 Å². The summed E-state index contributed by atoms with van der Waals surface area (Å²) < 4.78 is 5.48. The molecule has 1 amide bonds. The van der Waals surface area contributed by atoms with Crippen LogP contribution in [0.1, 0.15) is 44.3 Å². The Hall–Kier alpha value is -3.73. The molecule has 0 saturated heterocycles. The molecule has 0 saturated carbocycles. The predicted molar refractivity (Wildman–Crippen MR) is 117 cm³/mol. The highest BCUT2D eigenvalue weighted by Gasteiger charge is 2.28. The van der Waals surface area contributed by atoms with Crippen LogP contribution in [0.4, 0.5) is 0 Å². The van der Waals surface area contributed by atoms with E-state index in [0.717, 1.165) is 12.0 Å². The zero-order chi connectivity index (χ0) is 21.8. The summed E-state index contributed by atoms with van der Waals surface area (Å²) in [6.07, 6.45) is -0.172. The van der Waals surface area contributed by atoms with Crippen LogP contribution in [0.2, 0.25) is 0 Å². The van der Waals surface area contributed by atoms with Gasteiger partial charge in [0, 0.05) is 24.2 Å². The minimum atomic E-state index is -0.947. The third-order valence-corrected chi connectivity index (χ3v) is 5.50. The molecule has 1 aliphatic rings. The first-order chi connectivity index (χ1) is 15.0. The number of rotatable bonds is 5. The van der Waals surface area contributed by atoms with Crippen molar-refractivity contribution in [2.24, 2.45) is 0 Å². The van der Waals surface area contributed by atoms with E-state index in [2.05, 4.69) is 6.07 Å². The highest BCUT2D eigenvalue weighted by Crippen LogP contribution is 2.21. The predicted octanol–water partition coefficient (Wildman–Crippen LogP) is 4.05. The molecule has 0 unspecified atom stereocenters. The molecule has 0 radical (unpaired) electrons. The van der Waals surface area contributed by atoms with Gasteiger partial charge in [-0.2, -0.15) is 0 Å². The number of hydrogen-bond donors (Lipinski definition) is 0. The standard InChI is InChI=1S/C26H23NO4/c1-18(25(29)27-16-15-19-9-5-6-12-21(19)17-27)31-26(30)23-14-8-7-13-22(23)24(28)20-10-3-2-4-11-20/h2-14,18H,15-17H2,1H3/t18-/m1/s1. The molecule has 5 nitrogen and oxygen atoms in total. The fraction of sp³-hybridized carbons (Fsp3) is 0.192. The van der Waals surface area contributed by atoms with Crippen LogP contribution < -0.4 is 0 Å². The molecule has 1 aliphatic heterocycles. The Bertz CT molecular complexity index is 1120. The van der Waals surface area contributed by atoms with Crippen LogP contribution in [0.3, 0.4) is 0 Å². The lowest BCUT2D eigenvalue weighted by atomic mass is 9.98. The summed E-state index contributed by atoms with van der Waals surface area (Å²) in [6, 6.07) is 23.3. The van der Waals surface area contributed by atoms with Gasteiger partial charge in [0.25, 0.3) is 5.91 Å². The number of ketones is 1. The molecule has 0 spiro atoms. The second kappa shape index (κ2) is 8.96. The molecule has 3 aromatic rings. The van der Waals surface area contributed by atoms with Crippen molar-refractivity contribution in [3.05, 3.63) is 107 Å². The Morgan fingerprint density at radius 1 is 0.806 bits per heavy atom. The van der Waals surface area contributed by atoms with Gasteiger partial charge in [0.1, 0.15) is 0 Å². The highest BCUT2D eigenvalue weighted by molar-refractivity contribution is 6.14. The van der Waals surface area contributed by atoms with Gasteiger partial charge in [-0.05, 0) is 30.5 Å². The number of ether oxygens (including phenoxy) is 1. The van der Waals surface area contributed by atoms with Gasteiger partial charge < -0.3 is 9.64 Å². The van der Waals surface area contributed by atoms with E-state index < -0.39 is 12.1 Å². The van der Waals surface area contributed by atoms with E-state index in [9.17, 15) is 14.4 Å². The van der Waals surface area contributed by atoms with E-state index in [1.54, 1.807) is 60.4 Å². The maximum absolute atomic E-state index is 12.9. The van der Waals surface area contributed by atoms with E-state index >= 15 is 0 Å². The number of fused-ring (bicyclic) bond motifs is 1. The van der Waals surface area contributed by atoms with Crippen LogP contribution >= 0.6 is 0 Å². The van der Waals surface area contributed by atoms with Crippen molar-refractivity contribution in [1.82, 2.24) is 4.90 Å². The van der Waals surface area contributed by atoms with Gasteiger partial charge in [-0.15, -0.1) is 0 Å². The van der Waals surface area contributed by atoms with Gasteiger partial charge in [0.05, 0.1) is 5.56 Å². The summed E-state index contributed by atoms with van der Waals surface area (Å²) in [4.78, 5) is 40.3. The Labute approximate surface area is 181 Å². The van der Waals surface area contributed by atoms with Crippen molar-refractivity contribution >= 4 is 17.7 Å². The average molecular weight is 413 g/mol. The Morgan fingerprint density at radius 3 is 2.16 bits per heavy atom. The molecule has 3 aromatic carbocycles. The molecule has 1 atom stereocenters. The third kappa shape index (κ3) is 4.40. The largest absolute Gasteiger partial charge is 0.449 e. The molecule has 5 heteroatoms. The quantitative estimate of drug-likeness (QED) is 0.468. The third-order valence-electron chi connectivity index (χ3n) is 5.50. The first kappa shape index (κ1) is 20.5. The van der Waals surface area contributed by atoms with Crippen LogP contribution in [0.15, 0.2) is 78.9 Å². The molecule has 156 valence electrons. The molecule has 0 aromatic heterocycles. The van der Waals surface area contributed by atoms with E-state index in [-0.39, 0.29) is 22.8 Å². The maximum atomic E-state index is 12.9. The van der Waals surface area contributed by atoms with Gasteiger partial charge in [-0.1, -0.05) is 72.8 Å². The van der Waals surface area contributed by atoms with Crippen molar-refractivity contribution in [3.63, 3.8) is 0 Å². The minimum Gasteiger partial charge on any atom is -0.449 e. The normalized spacial score (nSPS) is 13.8. The molecule has 0 N–H and O–H groups in total. The summed E-state index contributed by atoms with van der Waals surface area (Å²) >= 11 is 0. The molecule has 1 heterocycles. The Balaban J connectivity index is 1.47. The number of carbonyl (C=O) groups is 3. The van der Waals surface area contributed by atoms with Crippen LogP contribution in [-0.2, 0) is 22.5 Å². The summed E-state index contributed by atoms with van der Waals surface area (Å²) in [5.74, 6) is -1.19. The zero-order valence-electron chi connectivity index (χ0n) is 17.3. The summed E-state index contributed by atoms with van der Waals surface area (Å²) in [6.45, 7) is 2.66. The van der Waals surface area contributed by atoms with Crippen molar-refractivity contribution in [2.75, 3.05) is 6.54 Å². The van der Waals surface area contributed by atoms with Crippen LogP contribution in [0.5, 0.6) is 0 Å². The summed E-state index contributed by atoms with van der Waals surface area (Å²) in [5.41, 5.74) is 3.24. The fourth-order valence-corrected chi connectivity index (χ4v) is 3.82. The van der Waals surface area contributed by atoms with Gasteiger partial charge in [0.15, 0.2) is 11.9 Å². The number of carbonyl (C=O) groups excluding carboxylic acids is 3. The van der Waals surface area contributed by atoms with Crippen molar-refractivity contribution in [2.45, 2.75) is 26.0 Å². The first-order valence-corrected chi connectivity index (χ1v) is 10.3. The molecule has 0 aliphatic carbocycles. The van der Waals surface area contributed by atoms with Crippen molar-refractivity contribution in [1.29, 1.82) is 0 Å². The second-order valence-corrected chi connectivity index (χ2v) is 7.57. The molecule has 4 rings (SSSR count). The molecule has 31 heavy (non-hydrogen) atoms. The molecular weight excluding hydrogens is 390 g/mol. The number of hydrogen-bond acceptors (Lipinski definition) is 4. The van der Waals surface area contributed by atoms with Gasteiger partial charge in [-0.3, -0.25) is 9.59 Å². The van der Waals surface area contributed by atoms with Crippen molar-refractivity contribution < 1.29 is 19.1 Å².